The second kappa shape index (κ2) is 10.7. The van der Waals surface area contributed by atoms with Crippen LogP contribution in [0.25, 0.3) is 5.57 Å². The largest absolute Gasteiger partial charge is 0.493 e. The lowest BCUT2D eigenvalue weighted by molar-refractivity contribution is -0.133. The van der Waals surface area contributed by atoms with Crippen molar-refractivity contribution < 1.29 is 19.0 Å². The highest BCUT2D eigenvalue weighted by Crippen LogP contribution is 2.36. The van der Waals surface area contributed by atoms with Crippen LogP contribution < -0.4 is 14.2 Å². The van der Waals surface area contributed by atoms with Crippen molar-refractivity contribution >= 4 is 11.5 Å². The van der Waals surface area contributed by atoms with E-state index in [9.17, 15) is 4.79 Å². The smallest absolute Gasteiger partial charge is 0.315 e. The molecule has 4 heteroatoms. The van der Waals surface area contributed by atoms with E-state index in [1.807, 2.05) is 72.8 Å². The molecule has 4 rings (SSSR count). The van der Waals surface area contributed by atoms with Crippen LogP contribution in [0.15, 0.2) is 84.9 Å². The minimum Gasteiger partial charge on any atom is -0.493 e. The Morgan fingerprint density at radius 2 is 1.56 bits per heavy atom. The van der Waals surface area contributed by atoms with Gasteiger partial charge in [0.2, 0.25) is 0 Å². The average Bonchev–Trinajstić information content (AvgIpc) is 3.34. The zero-order valence-corrected chi connectivity index (χ0v) is 18.3. The van der Waals surface area contributed by atoms with Crippen LogP contribution in [-0.4, -0.2) is 19.2 Å². The predicted molar refractivity (Wildman–Crippen MR) is 126 cm³/mol. The Bertz CT molecular complexity index is 1050. The molecular formula is C28H28O4. The van der Waals surface area contributed by atoms with Gasteiger partial charge in [0.15, 0.2) is 11.5 Å². The van der Waals surface area contributed by atoms with Gasteiger partial charge in [-0.25, -0.2) is 0 Å². The summed E-state index contributed by atoms with van der Waals surface area (Å²) in [5.74, 6) is 1.70. The number of esters is 1. The van der Waals surface area contributed by atoms with Crippen LogP contribution in [0.1, 0.15) is 43.2 Å². The monoisotopic (exact) mass is 428 g/mol. The molecule has 0 bridgehead atoms. The molecule has 1 aliphatic carbocycles. The number of rotatable bonds is 8. The molecule has 3 aromatic carbocycles. The van der Waals surface area contributed by atoms with E-state index in [0.717, 1.165) is 41.0 Å². The number of carbonyl (C=O) groups excluding carboxylic acids is 1. The van der Waals surface area contributed by atoms with E-state index in [1.54, 1.807) is 19.2 Å². The molecule has 0 heterocycles. The molecule has 0 saturated heterocycles. The van der Waals surface area contributed by atoms with Gasteiger partial charge in [-0.1, -0.05) is 60.7 Å². The molecule has 0 aliphatic heterocycles. The van der Waals surface area contributed by atoms with Crippen molar-refractivity contribution in [3.63, 3.8) is 0 Å². The zero-order valence-electron chi connectivity index (χ0n) is 18.3. The fourth-order valence-electron chi connectivity index (χ4n) is 3.99. The van der Waals surface area contributed by atoms with Crippen molar-refractivity contribution in [2.45, 2.75) is 38.2 Å². The molecule has 0 radical (unpaired) electrons. The highest BCUT2D eigenvalue weighted by molar-refractivity contribution is 5.84. The van der Waals surface area contributed by atoms with E-state index in [2.05, 4.69) is 0 Å². The molecule has 0 atom stereocenters. The lowest BCUT2D eigenvalue weighted by Crippen LogP contribution is -2.11. The SMILES string of the molecule is COc1ccc(C(=CCC(=O)Oc2ccccc2)c2ccccc2)cc1OC1CCCC1. The normalized spacial score (nSPS) is 14.2. The van der Waals surface area contributed by atoms with Gasteiger partial charge in [-0.2, -0.15) is 0 Å². The van der Waals surface area contributed by atoms with E-state index in [4.69, 9.17) is 14.2 Å². The summed E-state index contributed by atoms with van der Waals surface area (Å²) in [7, 11) is 1.66. The molecule has 1 fully saturated rings. The van der Waals surface area contributed by atoms with E-state index < -0.39 is 0 Å². The molecule has 0 N–H and O–H groups in total. The minimum atomic E-state index is -0.305. The maximum Gasteiger partial charge on any atom is 0.315 e. The van der Waals surface area contributed by atoms with Crippen LogP contribution in [0.3, 0.4) is 0 Å². The molecule has 0 amide bonds. The first kappa shape index (κ1) is 21.7. The first-order valence-electron chi connectivity index (χ1n) is 11.1. The molecule has 0 unspecified atom stereocenters. The van der Waals surface area contributed by atoms with Gasteiger partial charge in [-0.3, -0.25) is 4.79 Å². The maximum absolute atomic E-state index is 12.5. The predicted octanol–water partition coefficient (Wildman–Crippen LogP) is 6.44. The summed E-state index contributed by atoms with van der Waals surface area (Å²) >= 11 is 0. The van der Waals surface area contributed by atoms with Crippen molar-refractivity contribution in [1.29, 1.82) is 0 Å². The molecule has 1 aliphatic rings. The van der Waals surface area contributed by atoms with Gasteiger partial charge in [0.25, 0.3) is 0 Å². The average molecular weight is 429 g/mol. The Balaban J connectivity index is 1.61. The lowest BCUT2D eigenvalue weighted by Gasteiger charge is -2.18. The summed E-state index contributed by atoms with van der Waals surface area (Å²) in [6.07, 6.45) is 6.84. The standard InChI is InChI=1S/C28H28O4/c1-30-26-18-16-22(20-27(26)31-23-14-8-9-15-23)25(21-10-4-2-5-11-21)17-19-28(29)32-24-12-6-3-7-13-24/h2-7,10-13,16-18,20,23H,8-9,14-15,19H2,1H3. The van der Waals surface area contributed by atoms with Crippen LogP contribution >= 0.6 is 0 Å². The topological polar surface area (TPSA) is 44.8 Å². The third kappa shape index (κ3) is 5.58. The molecule has 0 aromatic heterocycles. The molecule has 0 spiro atoms. The minimum absolute atomic E-state index is 0.157. The lowest BCUT2D eigenvalue weighted by atomic mass is 9.96. The van der Waals surface area contributed by atoms with Gasteiger partial charge in [0.05, 0.1) is 19.6 Å². The fraction of sp³-hybridized carbons (Fsp3) is 0.250. The third-order valence-electron chi connectivity index (χ3n) is 5.60. The van der Waals surface area contributed by atoms with Crippen LogP contribution in [0.2, 0.25) is 0 Å². The Hall–Kier alpha value is -3.53. The van der Waals surface area contributed by atoms with E-state index in [-0.39, 0.29) is 18.5 Å². The Morgan fingerprint density at radius 1 is 0.875 bits per heavy atom. The zero-order chi connectivity index (χ0) is 22.2. The number of methoxy groups -OCH3 is 1. The first-order valence-corrected chi connectivity index (χ1v) is 11.1. The summed E-state index contributed by atoms with van der Waals surface area (Å²) in [6, 6.07) is 25.1. The van der Waals surface area contributed by atoms with Crippen molar-refractivity contribution in [3.8, 4) is 17.2 Å². The fourth-order valence-corrected chi connectivity index (χ4v) is 3.99. The maximum atomic E-state index is 12.5. The van der Waals surface area contributed by atoms with Gasteiger partial charge in [-0.05, 0) is 66.6 Å². The molecule has 32 heavy (non-hydrogen) atoms. The molecule has 3 aromatic rings. The van der Waals surface area contributed by atoms with Crippen molar-refractivity contribution in [2.24, 2.45) is 0 Å². The van der Waals surface area contributed by atoms with Gasteiger partial charge in [-0.15, -0.1) is 0 Å². The van der Waals surface area contributed by atoms with E-state index in [0.29, 0.717) is 5.75 Å². The second-order valence-corrected chi connectivity index (χ2v) is 7.87. The van der Waals surface area contributed by atoms with Gasteiger partial charge in [0.1, 0.15) is 5.75 Å². The quantitative estimate of drug-likeness (QED) is 0.306. The van der Waals surface area contributed by atoms with Crippen molar-refractivity contribution in [3.05, 3.63) is 96.1 Å². The van der Waals surface area contributed by atoms with Crippen molar-refractivity contribution in [1.82, 2.24) is 0 Å². The van der Waals surface area contributed by atoms with Crippen LogP contribution in [0.4, 0.5) is 0 Å². The number of carbonyl (C=O) groups is 1. The number of hydrogen-bond acceptors (Lipinski definition) is 4. The Kier molecular flexibility index (Phi) is 7.23. The van der Waals surface area contributed by atoms with Crippen LogP contribution in [0.5, 0.6) is 17.2 Å². The van der Waals surface area contributed by atoms with Crippen LogP contribution in [-0.2, 0) is 4.79 Å². The number of para-hydroxylation sites is 1. The van der Waals surface area contributed by atoms with Gasteiger partial charge >= 0.3 is 5.97 Å². The highest BCUT2D eigenvalue weighted by atomic mass is 16.5. The Labute approximate surface area is 189 Å². The molecular weight excluding hydrogens is 400 g/mol. The Morgan fingerprint density at radius 3 is 2.25 bits per heavy atom. The van der Waals surface area contributed by atoms with Gasteiger partial charge < -0.3 is 14.2 Å². The first-order chi connectivity index (χ1) is 15.7. The summed E-state index contributed by atoms with van der Waals surface area (Å²) in [5, 5.41) is 0. The van der Waals surface area contributed by atoms with Crippen LogP contribution in [0, 0.1) is 0 Å². The highest BCUT2D eigenvalue weighted by Gasteiger charge is 2.19. The number of benzene rings is 3. The summed E-state index contributed by atoms with van der Waals surface area (Å²) in [4.78, 5) is 12.5. The van der Waals surface area contributed by atoms with E-state index >= 15 is 0 Å². The summed E-state index contributed by atoms with van der Waals surface area (Å²) < 4.78 is 17.3. The number of hydrogen-bond donors (Lipinski definition) is 0. The second-order valence-electron chi connectivity index (χ2n) is 7.87. The third-order valence-corrected chi connectivity index (χ3v) is 5.60. The molecule has 4 nitrogen and oxygen atoms in total. The molecule has 1 saturated carbocycles. The van der Waals surface area contributed by atoms with Crippen molar-refractivity contribution in [2.75, 3.05) is 7.11 Å². The molecule has 164 valence electrons. The van der Waals surface area contributed by atoms with E-state index in [1.165, 1.54) is 12.8 Å². The summed E-state index contributed by atoms with van der Waals surface area (Å²) in [5.41, 5.74) is 2.95. The van der Waals surface area contributed by atoms with Gasteiger partial charge in [0, 0.05) is 0 Å². The number of ether oxygens (including phenoxy) is 3. The summed E-state index contributed by atoms with van der Waals surface area (Å²) in [6.45, 7) is 0.